The van der Waals surface area contributed by atoms with Gasteiger partial charge in [-0.05, 0) is 39.8 Å². The molecule has 3 unspecified atom stereocenters. The lowest BCUT2D eigenvalue weighted by atomic mass is 9.86. The summed E-state index contributed by atoms with van der Waals surface area (Å²) in [5, 5.41) is 3.34. The molecule has 3 heteroatoms. The average Bonchev–Trinajstić information content (AvgIpc) is 2.26. The van der Waals surface area contributed by atoms with Gasteiger partial charge < -0.3 is 5.32 Å². The van der Waals surface area contributed by atoms with Crippen molar-refractivity contribution in [3.8, 4) is 0 Å². The summed E-state index contributed by atoms with van der Waals surface area (Å²) in [7, 11) is 4.31. The summed E-state index contributed by atoms with van der Waals surface area (Å²) < 4.78 is 0. The molecule has 0 spiro atoms. The number of hydrogen-bond donors (Lipinski definition) is 1. The Hall–Kier alpha value is -0.120. The van der Waals surface area contributed by atoms with Crippen LogP contribution in [0, 0.1) is 5.41 Å². The summed E-state index contributed by atoms with van der Waals surface area (Å²) in [5.41, 5.74) is 0.407. The second kappa shape index (κ2) is 6.17. The third-order valence-electron chi connectivity index (χ3n) is 4.50. The summed E-state index contributed by atoms with van der Waals surface area (Å²) in [6.45, 7) is 14.1. The molecule has 0 radical (unpaired) electrons. The van der Waals surface area contributed by atoms with Gasteiger partial charge in [-0.3, -0.25) is 9.80 Å². The number of hydrogen-bond acceptors (Lipinski definition) is 3. The van der Waals surface area contributed by atoms with E-state index in [1.165, 1.54) is 26.1 Å². The lowest BCUT2D eigenvalue weighted by molar-refractivity contribution is 0.0341. The van der Waals surface area contributed by atoms with Gasteiger partial charge in [0.05, 0.1) is 0 Å². The van der Waals surface area contributed by atoms with E-state index in [1.807, 2.05) is 0 Å². The van der Waals surface area contributed by atoms with Crippen LogP contribution < -0.4 is 5.32 Å². The molecule has 1 fully saturated rings. The first-order valence-corrected chi connectivity index (χ1v) is 7.00. The quantitative estimate of drug-likeness (QED) is 0.789. The Morgan fingerprint density at radius 2 is 1.76 bits per heavy atom. The summed E-state index contributed by atoms with van der Waals surface area (Å²) in [5.74, 6) is 0. The Morgan fingerprint density at radius 1 is 1.24 bits per heavy atom. The number of rotatable bonds is 5. The van der Waals surface area contributed by atoms with Crippen LogP contribution in [0.1, 0.15) is 34.1 Å². The van der Waals surface area contributed by atoms with Crippen LogP contribution in [0.15, 0.2) is 0 Å². The number of piperazine rings is 1. The van der Waals surface area contributed by atoms with Gasteiger partial charge in [-0.15, -0.1) is 0 Å². The number of nitrogens with one attached hydrogen (secondary N) is 1. The molecule has 0 amide bonds. The highest BCUT2D eigenvalue weighted by Gasteiger charge is 2.31. The molecule has 1 saturated heterocycles. The van der Waals surface area contributed by atoms with Gasteiger partial charge in [0, 0.05) is 38.3 Å². The van der Waals surface area contributed by atoms with E-state index in [2.05, 4.69) is 56.9 Å². The second-order valence-corrected chi connectivity index (χ2v) is 6.25. The maximum atomic E-state index is 3.34. The van der Waals surface area contributed by atoms with Crippen LogP contribution in [0.5, 0.6) is 0 Å². The van der Waals surface area contributed by atoms with Crippen molar-refractivity contribution in [3.63, 3.8) is 0 Å². The van der Waals surface area contributed by atoms with Crippen LogP contribution in [0.2, 0.25) is 0 Å². The topological polar surface area (TPSA) is 18.5 Å². The van der Waals surface area contributed by atoms with Crippen molar-refractivity contribution in [3.05, 3.63) is 0 Å². The van der Waals surface area contributed by atoms with Gasteiger partial charge in [0.1, 0.15) is 0 Å². The van der Waals surface area contributed by atoms with Gasteiger partial charge in [0.25, 0.3) is 0 Å². The largest absolute Gasteiger partial charge is 0.319 e. The fourth-order valence-corrected chi connectivity index (χ4v) is 2.90. The van der Waals surface area contributed by atoms with Crippen LogP contribution >= 0.6 is 0 Å². The molecule has 0 aliphatic carbocycles. The van der Waals surface area contributed by atoms with Crippen molar-refractivity contribution in [2.75, 3.05) is 40.3 Å². The highest BCUT2D eigenvalue weighted by molar-refractivity contribution is 4.87. The van der Waals surface area contributed by atoms with Gasteiger partial charge >= 0.3 is 0 Å². The third kappa shape index (κ3) is 3.94. The Bertz CT molecular complexity index is 220. The van der Waals surface area contributed by atoms with Crippen molar-refractivity contribution < 1.29 is 0 Å². The first-order chi connectivity index (χ1) is 7.91. The Balaban J connectivity index is 2.56. The van der Waals surface area contributed by atoms with E-state index in [0.29, 0.717) is 17.5 Å². The molecule has 1 aliphatic rings. The molecule has 1 heterocycles. The van der Waals surface area contributed by atoms with Crippen LogP contribution in [0.25, 0.3) is 0 Å². The van der Waals surface area contributed by atoms with Gasteiger partial charge in [-0.25, -0.2) is 0 Å². The van der Waals surface area contributed by atoms with Crippen molar-refractivity contribution >= 4 is 0 Å². The SMILES string of the molecule is CCC(C)(CNC)CN1CC(C)N(C)C(C)C1. The molecule has 1 rings (SSSR count). The zero-order chi connectivity index (χ0) is 13.1. The Labute approximate surface area is 108 Å². The second-order valence-electron chi connectivity index (χ2n) is 6.25. The lowest BCUT2D eigenvalue weighted by Crippen LogP contribution is -2.57. The molecule has 1 aliphatic heterocycles. The lowest BCUT2D eigenvalue weighted by Gasteiger charge is -2.45. The molecular formula is C14H31N3. The molecule has 3 nitrogen and oxygen atoms in total. The average molecular weight is 241 g/mol. The number of nitrogens with zero attached hydrogens (tertiary/aromatic N) is 2. The van der Waals surface area contributed by atoms with Crippen LogP contribution in [-0.4, -0.2) is 62.2 Å². The normalized spacial score (nSPS) is 31.4. The van der Waals surface area contributed by atoms with Crippen molar-refractivity contribution in [1.82, 2.24) is 15.1 Å². The molecule has 102 valence electrons. The van der Waals surface area contributed by atoms with E-state index in [4.69, 9.17) is 0 Å². The highest BCUT2D eigenvalue weighted by Crippen LogP contribution is 2.24. The zero-order valence-electron chi connectivity index (χ0n) is 12.6. The summed E-state index contributed by atoms with van der Waals surface area (Å²) in [6, 6.07) is 1.35. The van der Waals surface area contributed by atoms with E-state index < -0.39 is 0 Å². The zero-order valence-corrected chi connectivity index (χ0v) is 12.6. The first kappa shape index (κ1) is 14.9. The minimum Gasteiger partial charge on any atom is -0.319 e. The van der Waals surface area contributed by atoms with Crippen molar-refractivity contribution in [2.24, 2.45) is 5.41 Å². The predicted octanol–water partition coefficient (Wildman–Crippen LogP) is 1.65. The smallest absolute Gasteiger partial charge is 0.0195 e. The molecule has 0 aromatic rings. The number of likely N-dealkylation sites (N-methyl/N-ethyl adjacent to an activating group) is 1. The summed E-state index contributed by atoms with van der Waals surface area (Å²) in [6.07, 6.45) is 1.24. The van der Waals surface area contributed by atoms with Crippen molar-refractivity contribution in [2.45, 2.75) is 46.2 Å². The highest BCUT2D eigenvalue weighted by atomic mass is 15.3. The molecule has 0 aromatic heterocycles. The van der Waals surface area contributed by atoms with E-state index in [1.54, 1.807) is 0 Å². The van der Waals surface area contributed by atoms with E-state index in [-0.39, 0.29) is 0 Å². The van der Waals surface area contributed by atoms with Crippen LogP contribution in [-0.2, 0) is 0 Å². The molecule has 3 atom stereocenters. The summed E-state index contributed by atoms with van der Waals surface area (Å²) in [4.78, 5) is 5.15. The minimum absolute atomic E-state index is 0.407. The Morgan fingerprint density at radius 3 is 2.18 bits per heavy atom. The summed E-state index contributed by atoms with van der Waals surface area (Å²) >= 11 is 0. The minimum atomic E-state index is 0.407. The fraction of sp³-hybridized carbons (Fsp3) is 1.00. The maximum Gasteiger partial charge on any atom is 0.0195 e. The van der Waals surface area contributed by atoms with Gasteiger partial charge in [0.15, 0.2) is 0 Å². The monoisotopic (exact) mass is 241 g/mol. The molecule has 17 heavy (non-hydrogen) atoms. The molecule has 0 aromatic carbocycles. The van der Waals surface area contributed by atoms with Gasteiger partial charge in [-0.2, -0.15) is 0 Å². The first-order valence-electron chi connectivity index (χ1n) is 7.00. The molecule has 1 N–H and O–H groups in total. The maximum absolute atomic E-state index is 3.34. The molecule has 0 saturated carbocycles. The molecule has 0 bridgehead atoms. The Kier molecular flexibility index (Phi) is 5.42. The van der Waals surface area contributed by atoms with Gasteiger partial charge in [0.2, 0.25) is 0 Å². The van der Waals surface area contributed by atoms with Gasteiger partial charge in [-0.1, -0.05) is 13.8 Å². The van der Waals surface area contributed by atoms with Crippen LogP contribution in [0.3, 0.4) is 0 Å². The van der Waals surface area contributed by atoms with Crippen molar-refractivity contribution in [1.29, 1.82) is 0 Å². The van der Waals surface area contributed by atoms with E-state index >= 15 is 0 Å². The standard InChI is InChI=1S/C14H31N3/c1-7-14(4,10-15-5)11-17-8-12(2)16(6)13(3)9-17/h12-13,15H,7-11H2,1-6H3. The third-order valence-corrected chi connectivity index (χ3v) is 4.50. The predicted molar refractivity (Wildman–Crippen MR) is 75.5 cm³/mol. The van der Waals surface area contributed by atoms with Crippen LogP contribution in [0.4, 0.5) is 0 Å². The fourth-order valence-electron chi connectivity index (χ4n) is 2.90. The van der Waals surface area contributed by atoms with E-state index in [9.17, 15) is 0 Å². The van der Waals surface area contributed by atoms with E-state index in [0.717, 1.165) is 6.54 Å². The molecular weight excluding hydrogens is 210 g/mol.